The summed E-state index contributed by atoms with van der Waals surface area (Å²) in [5.41, 5.74) is -0.301. The number of aliphatic hydroxyl groups is 1. The zero-order chi connectivity index (χ0) is 22.9. The van der Waals surface area contributed by atoms with Crippen molar-refractivity contribution >= 4 is 21.7 Å². The second kappa shape index (κ2) is 8.85. The second-order valence-electron chi connectivity index (χ2n) is 6.39. The molecule has 14 heteroatoms. The van der Waals surface area contributed by atoms with Crippen molar-refractivity contribution in [3.05, 3.63) is 59.7 Å². The van der Waals surface area contributed by atoms with Crippen LogP contribution < -0.4 is 4.74 Å². The predicted molar refractivity (Wildman–Crippen MR) is 103 cm³/mol. The van der Waals surface area contributed by atoms with Gasteiger partial charge in [0, 0.05) is 24.0 Å². The molecule has 31 heavy (non-hydrogen) atoms. The van der Waals surface area contributed by atoms with Gasteiger partial charge in [-0.25, -0.2) is 9.18 Å². The lowest BCUT2D eigenvalue weighted by molar-refractivity contribution is -0.0699. The van der Waals surface area contributed by atoms with E-state index in [0.717, 1.165) is 18.2 Å². The molecule has 1 fully saturated rings. The van der Waals surface area contributed by atoms with Crippen LogP contribution in [0, 0.1) is 5.82 Å². The molecule has 3 atom stereocenters. The standard InChI is InChI=1S/C17H18FNO10P2/c1-2-26-16(20)27-12-5-6-13(14(18)8-12)15-28-30(22,23)17(21,31(24,25)29-15)9-11-4-3-7-19-10-11/h3-8,10,15,21-23H,2,9H2,1H3/p+1. The fourth-order valence-electron chi connectivity index (χ4n) is 2.71. The Balaban J connectivity index is 1.86. The molecule has 0 aliphatic carbocycles. The molecule has 2 heterocycles. The van der Waals surface area contributed by atoms with Gasteiger partial charge in [0.1, 0.15) is 11.6 Å². The normalized spacial score (nSPS) is 27.5. The van der Waals surface area contributed by atoms with Crippen molar-refractivity contribution in [1.82, 2.24) is 4.98 Å². The Hall–Kier alpha value is -2.01. The molecule has 1 aliphatic heterocycles. The summed E-state index contributed by atoms with van der Waals surface area (Å²) in [5.74, 6) is -1.35. The summed E-state index contributed by atoms with van der Waals surface area (Å²) in [6.07, 6.45) is -1.18. The summed E-state index contributed by atoms with van der Waals surface area (Å²) >= 11 is 0. The first kappa shape index (κ1) is 23.6. The molecule has 0 bridgehead atoms. The summed E-state index contributed by atoms with van der Waals surface area (Å²) in [4.78, 5) is 46.2. The third-order valence-electron chi connectivity index (χ3n) is 4.25. The van der Waals surface area contributed by atoms with E-state index in [1.165, 1.54) is 24.5 Å². The first-order chi connectivity index (χ1) is 14.5. The van der Waals surface area contributed by atoms with Crippen molar-refractivity contribution in [3.8, 4) is 5.75 Å². The van der Waals surface area contributed by atoms with Crippen molar-refractivity contribution in [2.75, 3.05) is 6.61 Å². The Morgan fingerprint density at radius 1 is 1.39 bits per heavy atom. The molecule has 4 N–H and O–H groups in total. The van der Waals surface area contributed by atoms with Gasteiger partial charge >= 0.3 is 26.8 Å². The number of hydrogen-bond acceptors (Lipinski definition) is 10. The average Bonchev–Trinajstić information content (AvgIpc) is 2.67. The van der Waals surface area contributed by atoms with Gasteiger partial charge in [-0.2, -0.15) is 9.79 Å². The Morgan fingerprint density at radius 2 is 2.13 bits per heavy atom. The molecule has 2 aromatic rings. The number of benzene rings is 1. The van der Waals surface area contributed by atoms with Crippen LogP contribution in [0.5, 0.6) is 5.75 Å². The minimum atomic E-state index is -5.20. The summed E-state index contributed by atoms with van der Waals surface area (Å²) < 4.78 is 46.4. The van der Waals surface area contributed by atoms with E-state index in [9.17, 15) is 33.5 Å². The van der Waals surface area contributed by atoms with E-state index in [1.54, 1.807) is 6.92 Å². The van der Waals surface area contributed by atoms with E-state index < -0.39 is 50.9 Å². The maximum absolute atomic E-state index is 14.5. The second-order valence-corrected chi connectivity index (χ2v) is 10.8. The van der Waals surface area contributed by atoms with Gasteiger partial charge in [-0.05, 0) is 30.7 Å². The van der Waals surface area contributed by atoms with Gasteiger partial charge in [0.2, 0.25) is 6.29 Å². The van der Waals surface area contributed by atoms with E-state index in [1.807, 2.05) is 0 Å². The molecule has 0 amide bonds. The fourth-order valence-corrected chi connectivity index (χ4v) is 6.33. The maximum atomic E-state index is 14.5. The number of carbonyl (C=O) groups is 1. The number of ether oxygens (including phenoxy) is 2. The average molecular weight is 478 g/mol. The Morgan fingerprint density at radius 3 is 2.71 bits per heavy atom. The van der Waals surface area contributed by atoms with Crippen LogP contribution in [0.2, 0.25) is 0 Å². The number of rotatable bonds is 5. The van der Waals surface area contributed by atoms with Crippen LogP contribution in [0.4, 0.5) is 9.18 Å². The molecule has 168 valence electrons. The largest absolute Gasteiger partial charge is 0.513 e. The van der Waals surface area contributed by atoms with Crippen molar-refractivity contribution in [2.45, 2.75) is 24.7 Å². The highest BCUT2D eigenvalue weighted by Crippen LogP contribution is 2.82. The molecule has 1 aromatic carbocycles. The van der Waals surface area contributed by atoms with E-state index in [0.29, 0.717) is 0 Å². The molecule has 1 aromatic heterocycles. The number of hydrogen-bond donors (Lipinski definition) is 4. The molecule has 0 spiro atoms. The summed E-state index contributed by atoms with van der Waals surface area (Å²) in [6.45, 7) is 1.58. The van der Waals surface area contributed by atoms with Crippen LogP contribution in [0.15, 0.2) is 42.7 Å². The number of aromatic nitrogens is 1. The quantitative estimate of drug-likeness (QED) is 0.284. The summed E-state index contributed by atoms with van der Waals surface area (Å²) in [5, 5.41) is 7.61. The Labute approximate surface area is 176 Å². The number of nitrogens with zero attached hydrogens (tertiary/aromatic N) is 1. The lowest BCUT2D eigenvalue weighted by atomic mass is 10.2. The van der Waals surface area contributed by atoms with Crippen LogP contribution in [-0.2, 0) is 24.8 Å². The van der Waals surface area contributed by atoms with Gasteiger partial charge in [-0.1, -0.05) is 6.07 Å². The molecule has 1 aliphatic rings. The van der Waals surface area contributed by atoms with Crippen molar-refractivity contribution in [3.63, 3.8) is 0 Å². The van der Waals surface area contributed by atoms with Gasteiger partial charge in [0.25, 0.3) is 0 Å². The van der Waals surface area contributed by atoms with Crippen LogP contribution in [-0.4, -0.2) is 42.6 Å². The Kier molecular flexibility index (Phi) is 6.75. The molecular formula is C17H19FNO10P2+. The molecule has 0 saturated carbocycles. The van der Waals surface area contributed by atoms with E-state index in [-0.39, 0.29) is 17.9 Å². The van der Waals surface area contributed by atoms with E-state index in [4.69, 9.17) is 13.8 Å². The smallest absolute Gasteiger partial charge is 0.434 e. The monoisotopic (exact) mass is 478 g/mol. The van der Waals surface area contributed by atoms with Gasteiger partial charge < -0.3 is 19.5 Å². The Bertz CT molecular complexity index is 1010. The highest BCUT2D eigenvalue weighted by molar-refractivity contribution is 7.76. The number of halogens is 1. The molecule has 3 rings (SSSR count). The van der Waals surface area contributed by atoms with Crippen molar-refractivity contribution < 1.29 is 52.1 Å². The molecule has 3 unspecified atom stereocenters. The minimum absolute atomic E-state index is 0.0374. The first-order valence-corrected chi connectivity index (χ1v) is 12.0. The number of pyridine rings is 1. The van der Waals surface area contributed by atoms with Crippen LogP contribution >= 0.6 is 15.5 Å². The van der Waals surface area contributed by atoms with E-state index >= 15 is 0 Å². The molecule has 0 radical (unpaired) electrons. The third-order valence-corrected chi connectivity index (χ3v) is 8.91. The highest BCUT2D eigenvalue weighted by atomic mass is 31.3. The first-order valence-electron chi connectivity index (χ1n) is 8.79. The van der Waals surface area contributed by atoms with Gasteiger partial charge in [0.15, 0.2) is 0 Å². The molecular weight excluding hydrogens is 459 g/mol. The van der Waals surface area contributed by atoms with Crippen LogP contribution in [0.1, 0.15) is 24.3 Å². The highest BCUT2D eigenvalue weighted by Gasteiger charge is 2.77. The zero-order valence-corrected chi connectivity index (χ0v) is 17.8. The minimum Gasteiger partial charge on any atom is -0.434 e. The maximum Gasteiger partial charge on any atom is 0.513 e. The summed E-state index contributed by atoms with van der Waals surface area (Å²) in [7, 11) is -10.2. The van der Waals surface area contributed by atoms with Crippen molar-refractivity contribution in [1.29, 1.82) is 0 Å². The molecule has 11 nitrogen and oxygen atoms in total. The fraction of sp³-hybridized carbons (Fsp3) is 0.294. The molecule has 1 saturated heterocycles. The lowest BCUT2D eigenvalue weighted by Crippen LogP contribution is -2.40. The summed E-state index contributed by atoms with van der Waals surface area (Å²) in [6, 6.07) is 5.74. The van der Waals surface area contributed by atoms with Crippen LogP contribution in [0.3, 0.4) is 0 Å². The SMILES string of the molecule is CCOC(=O)Oc1ccc(C2OP(=O)(O)C(O)(Cc3cccnc3)[P+](O)(O)O2)c(F)c1. The zero-order valence-electron chi connectivity index (χ0n) is 16.0. The number of carbonyl (C=O) groups excluding carboxylic acids is 1. The van der Waals surface area contributed by atoms with E-state index in [2.05, 4.69) is 9.72 Å². The van der Waals surface area contributed by atoms with Crippen LogP contribution in [0.25, 0.3) is 0 Å². The van der Waals surface area contributed by atoms with Crippen molar-refractivity contribution in [2.24, 2.45) is 0 Å². The third kappa shape index (κ3) is 4.77. The van der Waals surface area contributed by atoms with Gasteiger partial charge in [-0.3, -0.25) is 14.1 Å². The topological polar surface area (TPSA) is 165 Å². The van der Waals surface area contributed by atoms with Gasteiger partial charge in [-0.15, -0.1) is 4.52 Å². The lowest BCUT2D eigenvalue weighted by Gasteiger charge is -2.38. The van der Waals surface area contributed by atoms with Gasteiger partial charge in [0.05, 0.1) is 13.0 Å². The predicted octanol–water partition coefficient (Wildman–Crippen LogP) is 2.62.